The summed E-state index contributed by atoms with van der Waals surface area (Å²) in [7, 11) is 0. The third-order valence-corrected chi connectivity index (χ3v) is 2.44. The van der Waals surface area contributed by atoms with E-state index in [-0.39, 0.29) is 0 Å². The Bertz CT molecular complexity index is 231. The molecule has 0 rings (SSSR count). The van der Waals surface area contributed by atoms with E-state index in [0.717, 1.165) is 39.3 Å². The molecule has 0 bridgehead atoms. The molecule has 18 heavy (non-hydrogen) atoms. The summed E-state index contributed by atoms with van der Waals surface area (Å²) in [4.78, 5) is 4.53. The minimum absolute atomic E-state index is 0.888. The summed E-state index contributed by atoms with van der Waals surface area (Å²) >= 11 is 0. The van der Waals surface area contributed by atoms with Crippen LogP contribution in [0.4, 0.5) is 0 Å². The van der Waals surface area contributed by atoms with Gasteiger partial charge in [0.15, 0.2) is 0 Å². The van der Waals surface area contributed by atoms with Crippen LogP contribution in [-0.4, -0.2) is 49.1 Å². The van der Waals surface area contributed by atoms with Gasteiger partial charge >= 0.3 is 0 Å². The van der Waals surface area contributed by atoms with Gasteiger partial charge < -0.3 is 0 Å². The van der Waals surface area contributed by atoms with E-state index in [1.165, 1.54) is 0 Å². The monoisotopic (exact) mass is 246 g/mol. The molecule has 0 radical (unpaired) electrons. The Balaban J connectivity index is 4.02. The highest BCUT2D eigenvalue weighted by molar-refractivity contribution is 4.92. The zero-order valence-electron chi connectivity index (χ0n) is 11.4. The molecule has 0 saturated heterocycles. The van der Waals surface area contributed by atoms with Gasteiger partial charge in [0.1, 0.15) is 0 Å². The Morgan fingerprint density at radius 3 is 1.00 bits per heavy atom. The third-order valence-electron chi connectivity index (χ3n) is 2.44. The first-order valence-corrected chi connectivity index (χ1v) is 6.31. The van der Waals surface area contributed by atoms with E-state index in [1.54, 1.807) is 0 Å². The summed E-state index contributed by atoms with van der Waals surface area (Å²) in [6.07, 6.45) is 12.0. The Morgan fingerprint density at radius 2 is 0.778 bits per heavy atom. The van der Waals surface area contributed by atoms with Gasteiger partial charge in [-0.15, -0.1) is 26.3 Å². The van der Waals surface area contributed by atoms with Gasteiger partial charge in [-0.05, 0) is 0 Å². The van der Waals surface area contributed by atoms with Gasteiger partial charge in [0, 0.05) is 39.3 Å². The maximum atomic E-state index is 3.76. The van der Waals surface area contributed by atoms with Crippen molar-refractivity contribution in [2.24, 2.45) is 0 Å². The quantitative estimate of drug-likeness (QED) is 0.489. The summed E-state index contributed by atoms with van der Waals surface area (Å²) in [6.45, 7) is 20.4. The maximum Gasteiger partial charge on any atom is 0.0170 e. The van der Waals surface area contributed by atoms with Crippen molar-refractivity contribution in [2.75, 3.05) is 39.3 Å². The lowest BCUT2D eigenvalue weighted by Gasteiger charge is -2.18. The predicted molar refractivity (Wildman–Crippen MR) is 82.8 cm³/mol. The molecule has 0 aliphatic heterocycles. The van der Waals surface area contributed by atoms with Crippen molar-refractivity contribution in [3.05, 3.63) is 62.8 Å². The smallest absolute Gasteiger partial charge is 0.0170 e. The SMILES string of the molecule is C=CCN(CC=C)CC=CCN(CC=C)CC=C. The zero-order chi connectivity index (χ0) is 13.6. The van der Waals surface area contributed by atoms with Crippen LogP contribution in [0.15, 0.2) is 62.8 Å². The van der Waals surface area contributed by atoms with Gasteiger partial charge in [-0.3, -0.25) is 9.80 Å². The summed E-state index contributed by atoms with van der Waals surface area (Å²) in [5.41, 5.74) is 0. The predicted octanol–water partition coefficient (Wildman–Crippen LogP) is 2.89. The van der Waals surface area contributed by atoms with Gasteiger partial charge in [-0.25, -0.2) is 0 Å². The van der Waals surface area contributed by atoms with Gasteiger partial charge in [0.05, 0.1) is 0 Å². The number of hydrogen-bond acceptors (Lipinski definition) is 2. The average molecular weight is 246 g/mol. The molecule has 0 N–H and O–H groups in total. The van der Waals surface area contributed by atoms with Crippen molar-refractivity contribution < 1.29 is 0 Å². The molecule has 2 heteroatoms. The molecule has 100 valence electrons. The molecule has 0 fully saturated rings. The van der Waals surface area contributed by atoms with Gasteiger partial charge in [-0.1, -0.05) is 36.5 Å². The fourth-order valence-electron chi connectivity index (χ4n) is 1.62. The van der Waals surface area contributed by atoms with Crippen molar-refractivity contribution >= 4 is 0 Å². The number of hydrogen-bond donors (Lipinski definition) is 0. The zero-order valence-corrected chi connectivity index (χ0v) is 11.4. The maximum absolute atomic E-state index is 3.76. The number of rotatable bonds is 12. The Morgan fingerprint density at radius 1 is 0.500 bits per heavy atom. The van der Waals surface area contributed by atoms with Crippen LogP contribution in [-0.2, 0) is 0 Å². The van der Waals surface area contributed by atoms with Crippen molar-refractivity contribution in [1.29, 1.82) is 0 Å². The lowest BCUT2D eigenvalue weighted by Crippen LogP contribution is -2.25. The van der Waals surface area contributed by atoms with E-state index in [9.17, 15) is 0 Å². The minimum Gasteiger partial charge on any atom is -0.292 e. The molecule has 0 amide bonds. The first-order chi connectivity index (χ1) is 8.78. The van der Waals surface area contributed by atoms with Crippen LogP contribution in [0, 0.1) is 0 Å². The summed E-state index contributed by atoms with van der Waals surface area (Å²) in [6, 6.07) is 0. The topological polar surface area (TPSA) is 6.48 Å². The van der Waals surface area contributed by atoms with E-state index >= 15 is 0 Å². The highest BCUT2D eigenvalue weighted by Crippen LogP contribution is 1.93. The second-order valence-electron chi connectivity index (χ2n) is 4.06. The third kappa shape index (κ3) is 8.74. The fourth-order valence-corrected chi connectivity index (χ4v) is 1.62. The summed E-state index contributed by atoms with van der Waals surface area (Å²) < 4.78 is 0. The molecule has 2 nitrogen and oxygen atoms in total. The summed E-state index contributed by atoms with van der Waals surface area (Å²) in [5, 5.41) is 0. The largest absolute Gasteiger partial charge is 0.292 e. The Labute approximate surface area is 112 Å². The van der Waals surface area contributed by atoms with E-state index < -0.39 is 0 Å². The normalized spacial score (nSPS) is 11.0. The molecule has 0 unspecified atom stereocenters. The van der Waals surface area contributed by atoms with Gasteiger partial charge in [0.25, 0.3) is 0 Å². The molecule has 0 aromatic rings. The van der Waals surface area contributed by atoms with E-state index in [0.29, 0.717) is 0 Å². The molecular weight excluding hydrogens is 220 g/mol. The molecule has 0 heterocycles. The lowest BCUT2D eigenvalue weighted by atomic mass is 10.3. The van der Waals surface area contributed by atoms with Crippen molar-refractivity contribution in [3.63, 3.8) is 0 Å². The molecule has 0 aliphatic carbocycles. The van der Waals surface area contributed by atoms with E-state index in [4.69, 9.17) is 0 Å². The Kier molecular flexibility index (Phi) is 11.2. The van der Waals surface area contributed by atoms with Crippen molar-refractivity contribution in [1.82, 2.24) is 9.80 Å². The fraction of sp³-hybridized carbons (Fsp3) is 0.375. The van der Waals surface area contributed by atoms with Gasteiger partial charge in [-0.2, -0.15) is 0 Å². The lowest BCUT2D eigenvalue weighted by molar-refractivity contribution is 0.363. The van der Waals surface area contributed by atoms with Crippen LogP contribution in [0.2, 0.25) is 0 Å². The van der Waals surface area contributed by atoms with Crippen LogP contribution in [0.5, 0.6) is 0 Å². The second kappa shape index (κ2) is 12.1. The highest BCUT2D eigenvalue weighted by Gasteiger charge is 1.98. The minimum atomic E-state index is 0.888. The van der Waals surface area contributed by atoms with Crippen LogP contribution in [0.1, 0.15) is 0 Å². The summed E-state index contributed by atoms with van der Waals surface area (Å²) in [5.74, 6) is 0. The van der Waals surface area contributed by atoms with Crippen LogP contribution < -0.4 is 0 Å². The van der Waals surface area contributed by atoms with Crippen LogP contribution >= 0.6 is 0 Å². The van der Waals surface area contributed by atoms with E-state index in [1.807, 2.05) is 24.3 Å². The van der Waals surface area contributed by atoms with Crippen LogP contribution in [0.3, 0.4) is 0 Å². The molecule has 0 spiro atoms. The standard InChI is InChI=1S/C16H26N2/c1-5-11-17(12-6-2)15-9-10-16-18(13-7-3)14-8-4/h5-10H,1-4,11-16H2. The molecule has 0 aromatic carbocycles. The van der Waals surface area contributed by atoms with Crippen LogP contribution in [0.25, 0.3) is 0 Å². The second-order valence-corrected chi connectivity index (χ2v) is 4.06. The molecular formula is C16H26N2. The first-order valence-electron chi connectivity index (χ1n) is 6.31. The highest BCUT2D eigenvalue weighted by atomic mass is 15.1. The number of nitrogens with zero attached hydrogens (tertiary/aromatic N) is 2. The first kappa shape index (κ1) is 16.6. The van der Waals surface area contributed by atoms with Crippen molar-refractivity contribution in [3.8, 4) is 0 Å². The molecule has 0 atom stereocenters. The molecule has 0 aromatic heterocycles. The average Bonchev–Trinajstić information content (AvgIpc) is 2.35. The molecule has 0 aliphatic rings. The van der Waals surface area contributed by atoms with Gasteiger partial charge in [0.2, 0.25) is 0 Å². The van der Waals surface area contributed by atoms with E-state index in [2.05, 4.69) is 48.3 Å². The van der Waals surface area contributed by atoms with Crippen molar-refractivity contribution in [2.45, 2.75) is 0 Å². The Hall–Kier alpha value is -1.38. The molecule has 0 saturated carbocycles.